The lowest BCUT2D eigenvalue weighted by atomic mass is 10.1. The number of nitrogens with one attached hydrogen (secondary N) is 1. The fourth-order valence-electron chi connectivity index (χ4n) is 3.92. The number of carbonyl (C=O) groups is 1. The minimum atomic E-state index is -3.98. The number of rotatable bonds is 8. The summed E-state index contributed by atoms with van der Waals surface area (Å²) in [4.78, 5) is 13.2. The maximum Gasteiger partial charge on any atom is 0.264 e. The van der Waals surface area contributed by atoms with Gasteiger partial charge >= 0.3 is 0 Å². The van der Waals surface area contributed by atoms with Gasteiger partial charge < -0.3 is 10.1 Å². The molecule has 0 radical (unpaired) electrons. The summed E-state index contributed by atoms with van der Waals surface area (Å²) in [5, 5.41) is 3.22. The van der Waals surface area contributed by atoms with E-state index in [-0.39, 0.29) is 16.1 Å². The predicted octanol–water partition coefficient (Wildman–Crippen LogP) is 5.07. The largest absolute Gasteiger partial charge is 0.496 e. The van der Waals surface area contributed by atoms with E-state index >= 15 is 0 Å². The molecule has 3 aromatic carbocycles. The van der Waals surface area contributed by atoms with Crippen molar-refractivity contribution in [2.75, 3.05) is 25.0 Å². The molecular weight excluding hydrogens is 472 g/mol. The Hall–Kier alpha value is -3.03. The minimum absolute atomic E-state index is 0.187. The van der Waals surface area contributed by atoms with Crippen molar-refractivity contribution in [2.45, 2.75) is 32.1 Å². The van der Waals surface area contributed by atoms with Crippen LogP contribution < -0.4 is 14.4 Å². The number of anilines is 1. The maximum atomic E-state index is 13.7. The highest BCUT2D eigenvalue weighted by atomic mass is 35.5. The van der Waals surface area contributed by atoms with Crippen molar-refractivity contribution in [2.24, 2.45) is 0 Å². The van der Waals surface area contributed by atoms with Crippen LogP contribution >= 0.6 is 11.6 Å². The summed E-state index contributed by atoms with van der Waals surface area (Å²) in [6.45, 7) is 5.71. The Labute approximate surface area is 206 Å². The Morgan fingerprint density at radius 1 is 1.03 bits per heavy atom. The van der Waals surface area contributed by atoms with Crippen LogP contribution in [0.2, 0.25) is 5.02 Å². The lowest BCUT2D eigenvalue weighted by Gasteiger charge is -2.25. The van der Waals surface area contributed by atoms with Crippen LogP contribution in [0.3, 0.4) is 0 Å². The smallest absolute Gasteiger partial charge is 0.264 e. The summed E-state index contributed by atoms with van der Waals surface area (Å²) in [6, 6.07) is 16.1. The second kappa shape index (κ2) is 10.5. The normalized spacial score (nSPS) is 11.2. The van der Waals surface area contributed by atoms with Crippen molar-refractivity contribution in [1.29, 1.82) is 0 Å². The van der Waals surface area contributed by atoms with Crippen LogP contribution in [-0.2, 0) is 16.4 Å². The lowest BCUT2D eigenvalue weighted by molar-refractivity contribution is 0.0955. The first-order valence-corrected chi connectivity index (χ1v) is 12.6. The summed E-state index contributed by atoms with van der Waals surface area (Å²) >= 11 is 6.17. The highest BCUT2D eigenvalue weighted by Crippen LogP contribution is 2.35. The first-order chi connectivity index (χ1) is 16.1. The van der Waals surface area contributed by atoms with Gasteiger partial charge in [0.2, 0.25) is 0 Å². The Kier molecular flexibility index (Phi) is 7.89. The molecule has 0 aromatic heterocycles. The van der Waals surface area contributed by atoms with Crippen LogP contribution in [-0.4, -0.2) is 35.0 Å². The molecule has 0 heterocycles. The molecule has 0 aliphatic rings. The Balaban J connectivity index is 1.94. The summed E-state index contributed by atoms with van der Waals surface area (Å²) in [5.74, 6) is 0.233. The number of sulfonamides is 1. The third-order valence-electron chi connectivity index (χ3n) is 5.90. The minimum Gasteiger partial charge on any atom is -0.496 e. The summed E-state index contributed by atoms with van der Waals surface area (Å²) in [7, 11) is -0.983. The maximum absolute atomic E-state index is 13.7. The first kappa shape index (κ1) is 25.6. The van der Waals surface area contributed by atoms with Gasteiger partial charge in [0, 0.05) is 18.6 Å². The number of aryl methyl sites for hydroxylation is 1. The summed E-state index contributed by atoms with van der Waals surface area (Å²) < 4.78 is 33.9. The Morgan fingerprint density at radius 2 is 1.71 bits per heavy atom. The zero-order valence-electron chi connectivity index (χ0n) is 20.0. The molecule has 34 heavy (non-hydrogen) atoms. The van der Waals surface area contributed by atoms with Gasteiger partial charge in [0.1, 0.15) is 5.75 Å². The molecule has 3 aromatic rings. The van der Waals surface area contributed by atoms with E-state index < -0.39 is 15.9 Å². The molecule has 6 nitrogen and oxygen atoms in total. The molecular formula is C26H29ClN2O4S. The molecule has 3 rings (SSSR count). The molecule has 0 bridgehead atoms. The second-order valence-corrected chi connectivity index (χ2v) is 10.4. The first-order valence-electron chi connectivity index (χ1n) is 10.8. The van der Waals surface area contributed by atoms with Gasteiger partial charge in [0.25, 0.3) is 15.9 Å². The van der Waals surface area contributed by atoms with Crippen molar-refractivity contribution in [1.82, 2.24) is 5.32 Å². The fraction of sp³-hybridized carbons (Fsp3) is 0.269. The van der Waals surface area contributed by atoms with Crippen molar-refractivity contribution >= 4 is 33.2 Å². The number of halogens is 1. The molecule has 0 saturated carbocycles. The number of hydrogen-bond acceptors (Lipinski definition) is 4. The van der Waals surface area contributed by atoms with E-state index in [0.29, 0.717) is 34.9 Å². The molecule has 0 atom stereocenters. The Morgan fingerprint density at radius 3 is 2.35 bits per heavy atom. The number of ether oxygens (including phenoxy) is 1. The molecule has 1 N–H and O–H groups in total. The number of nitrogens with zero attached hydrogens (tertiary/aromatic N) is 1. The van der Waals surface area contributed by atoms with Crippen LogP contribution in [0.4, 0.5) is 5.69 Å². The van der Waals surface area contributed by atoms with E-state index in [2.05, 4.69) is 5.32 Å². The van der Waals surface area contributed by atoms with E-state index in [0.717, 1.165) is 15.4 Å². The molecule has 0 saturated heterocycles. The highest BCUT2D eigenvalue weighted by molar-refractivity contribution is 7.93. The van der Waals surface area contributed by atoms with Gasteiger partial charge in [-0.25, -0.2) is 8.42 Å². The van der Waals surface area contributed by atoms with E-state index in [9.17, 15) is 13.2 Å². The second-order valence-electron chi connectivity index (χ2n) is 8.10. The van der Waals surface area contributed by atoms with Crippen molar-refractivity contribution in [3.8, 4) is 5.75 Å². The molecule has 0 unspecified atom stereocenters. The van der Waals surface area contributed by atoms with Crippen LogP contribution in [0.25, 0.3) is 0 Å². The van der Waals surface area contributed by atoms with Crippen LogP contribution in [0.1, 0.15) is 32.6 Å². The monoisotopic (exact) mass is 500 g/mol. The molecule has 180 valence electrons. The van der Waals surface area contributed by atoms with Crippen molar-refractivity contribution < 1.29 is 17.9 Å². The third kappa shape index (κ3) is 5.21. The van der Waals surface area contributed by atoms with Gasteiger partial charge in [-0.3, -0.25) is 9.10 Å². The molecule has 0 aliphatic heterocycles. The van der Waals surface area contributed by atoms with E-state index in [4.69, 9.17) is 16.3 Å². The zero-order chi connectivity index (χ0) is 25.0. The zero-order valence-corrected chi connectivity index (χ0v) is 21.5. The molecule has 0 fully saturated rings. The summed E-state index contributed by atoms with van der Waals surface area (Å²) in [6.07, 6.45) is 0.653. The number of benzene rings is 3. The van der Waals surface area contributed by atoms with Gasteiger partial charge in [0.15, 0.2) is 0 Å². The van der Waals surface area contributed by atoms with Gasteiger partial charge in [-0.05, 0) is 73.7 Å². The number of amides is 1. The number of methoxy groups -OCH3 is 1. The van der Waals surface area contributed by atoms with E-state index in [1.54, 1.807) is 39.2 Å². The van der Waals surface area contributed by atoms with Gasteiger partial charge in [-0.1, -0.05) is 41.9 Å². The third-order valence-corrected chi connectivity index (χ3v) is 8.20. The molecule has 8 heteroatoms. The standard InChI is InChI=1S/C26H29ClN2O4S/c1-17-15-24(33-5)18(2)19(3)25(17)34(31,32)29(4)23-12-11-21(27)16-22(23)26(30)28-14-13-20-9-7-6-8-10-20/h6-12,15-16H,13-14H2,1-5H3,(H,28,30). The Bertz CT molecular complexity index is 1310. The average molecular weight is 501 g/mol. The van der Waals surface area contributed by atoms with Crippen LogP contribution in [0, 0.1) is 20.8 Å². The van der Waals surface area contributed by atoms with Crippen molar-refractivity contribution in [3.05, 3.63) is 87.4 Å². The summed E-state index contributed by atoms with van der Waals surface area (Å²) in [5.41, 5.74) is 3.44. The lowest BCUT2D eigenvalue weighted by Crippen LogP contribution is -2.32. The fourth-order valence-corrected chi connectivity index (χ4v) is 5.79. The average Bonchev–Trinajstić information content (AvgIpc) is 2.81. The van der Waals surface area contributed by atoms with Crippen molar-refractivity contribution in [3.63, 3.8) is 0 Å². The SMILES string of the molecule is COc1cc(C)c(S(=O)(=O)N(C)c2ccc(Cl)cc2C(=O)NCCc2ccccc2)c(C)c1C. The molecule has 1 amide bonds. The van der Waals surface area contributed by atoms with E-state index in [1.165, 1.54) is 13.1 Å². The molecule has 0 aliphatic carbocycles. The number of hydrogen-bond donors (Lipinski definition) is 1. The van der Waals surface area contributed by atoms with Gasteiger partial charge in [-0.15, -0.1) is 0 Å². The highest BCUT2D eigenvalue weighted by Gasteiger charge is 2.29. The molecule has 0 spiro atoms. The van der Waals surface area contributed by atoms with Crippen LogP contribution in [0.5, 0.6) is 5.75 Å². The quantitative estimate of drug-likeness (QED) is 0.468. The van der Waals surface area contributed by atoms with E-state index in [1.807, 2.05) is 37.3 Å². The number of carbonyl (C=O) groups excluding carboxylic acids is 1. The topological polar surface area (TPSA) is 75.7 Å². The van der Waals surface area contributed by atoms with Crippen LogP contribution in [0.15, 0.2) is 59.5 Å². The van der Waals surface area contributed by atoms with Gasteiger partial charge in [0.05, 0.1) is 23.3 Å². The van der Waals surface area contributed by atoms with Gasteiger partial charge in [-0.2, -0.15) is 0 Å². The predicted molar refractivity (Wildman–Crippen MR) is 137 cm³/mol.